The summed E-state index contributed by atoms with van der Waals surface area (Å²) in [5, 5.41) is 2.39. The first-order valence-electron chi connectivity index (χ1n) is 2.60. The Morgan fingerprint density at radius 1 is 2.00 bits per heavy atom. The van der Waals surface area contributed by atoms with Crippen LogP contribution in [0.4, 0.5) is 0 Å². The molecule has 1 aliphatic rings. The lowest BCUT2D eigenvalue weighted by atomic mass is 10.5. The van der Waals surface area contributed by atoms with E-state index in [1.807, 2.05) is 0 Å². The molecular formula is C4H8BrN3S. The van der Waals surface area contributed by atoms with Gasteiger partial charge in [0.15, 0.2) is 5.17 Å². The first-order chi connectivity index (χ1) is 4.36. The van der Waals surface area contributed by atoms with Gasteiger partial charge >= 0.3 is 0 Å². The Labute approximate surface area is 66.6 Å². The zero-order valence-electron chi connectivity index (χ0n) is 4.80. The van der Waals surface area contributed by atoms with E-state index in [1.165, 1.54) is 0 Å². The Morgan fingerprint density at radius 2 is 2.78 bits per heavy atom. The standard InChI is InChI=1S/C4H8BrN3S/c5-1-3-2-7-4(8-6)9-3/h3H,1-2,6H2,(H,7,8). The number of nitrogens with one attached hydrogen (secondary N) is 1. The summed E-state index contributed by atoms with van der Waals surface area (Å²) in [6.45, 7) is 0.870. The van der Waals surface area contributed by atoms with Crippen LogP contribution in [-0.4, -0.2) is 22.3 Å². The molecule has 1 aliphatic heterocycles. The molecule has 0 fully saturated rings. The molecule has 5 heteroatoms. The van der Waals surface area contributed by atoms with Gasteiger partial charge in [-0.15, -0.1) is 0 Å². The van der Waals surface area contributed by atoms with Gasteiger partial charge in [-0.05, 0) is 0 Å². The lowest BCUT2D eigenvalue weighted by Crippen LogP contribution is -2.26. The van der Waals surface area contributed by atoms with Crippen molar-refractivity contribution in [1.82, 2.24) is 5.43 Å². The van der Waals surface area contributed by atoms with Gasteiger partial charge in [0, 0.05) is 10.6 Å². The summed E-state index contributed by atoms with van der Waals surface area (Å²) in [6, 6.07) is 0. The average Bonchev–Trinajstić information content (AvgIpc) is 2.34. The number of hydrazine groups is 1. The van der Waals surface area contributed by atoms with Gasteiger partial charge in [0.25, 0.3) is 0 Å². The number of nitrogens with two attached hydrogens (primary N) is 1. The number of hydrogen-bond donors (Lipinski definition) is 2. The van der Waals surface area contributed by atoms with Crippen molar-refractivity contribution >= 4 is 32.9 Å². The highest BCUT2D eigenvalue weighted by Gasteiger charge is 2.16. The van der Waals surface area contributed by atoms with Crippen molar-refractivity contribution < 1.29 is 0 Å². The van der Waals surface area contributed by atoms with Gasteiger partial charge in [0.2, 0.25) is 0 Å². The third-order valence-electron chi connectivity index (χ3n) is 1.01. The molecule has 0 radical (unpaired) electrons. The average molecular weight is 210 g/mol. The van der Waals surface area contributed by atoms with Crippen molar-refractivity contribution in [2.24, 2.45) is 10.8 Å². The molecular weight excluding hydrogens is 202 g/mol. The molecule has 0 amide bonds. The van der Waals surface area contributed by atoms with Crippen molar-refractivity contribution in [3.63, 3.8) is 0 Å². The molecule has 9 heavy (non-hydrogen) atoms. The minimum absolute atomic E-state index is 0.566. The first-order valence-corrected chi connectivity index (χ1v) is 4.60. The third-order valence-corrected chi connectivity index (χ3v) is 3.34. The number of halogens is 1. The summed E-state index contributed by atoms with van der Waals surface area (Å²) in [6.07, 6.45) is 0. The van der Waals surface area contributed by atoms with Gasteiger partial charge < -0.3 is 5.43 Å². The fourth-order valence-corrected chi connectivity index (χ4v) is 1.92. The van der Waals surface area contributed by atoms with Crippen molar-refractivity contribution in [3.8, 4) is 0 Å². The molecule has 0 spiro atoms. The summed E-state index contributed by atoms with van der Waals surface area (Å²) in [4.78, 5) is 4.12. The summed E-state index contributed by atoms with van der Waals surface area (Å²) in [5.41, 5.74) is 2.52. The van der Waals surface area contributed by atoms with E-state index in [4.69, 9.17) is 5.84 Å². The molecule has 0 saturated carbocycles. The normalized spacial score (nSPS) is 26.0. The number of nitrogens with zero attached hydrogens (tertiary/aromatic N) is 1. The molecule has 1 atom stereocenters. The van der Waals surface area contributed by atoms with E-state index < -0.39 is 0 Å². The second-order valence-electron chi connectivity index (χ2n) is 1.68. The highest BCUT2D eigenvalue weighted by molar-refractivity contribution is 9.09. The van der Waals surface area contributed by atoms with Crippen LogP contribution in [0.5, 0.6) is 0 Å². The molecule has 52 valence electrons. The number of rotatable bonds is 1. The topological polar surface area (TPSA) is 50.4 Å². The molecule has 3 N–H and O–H groups in total. The van der Waals surface area contributed by atoms with E-state index >= 15 is 0 Å². The Balaban J connectivity index is 2.31. The zero-order chi connectivity index (χ0) is 6.69. The molecule has 3 nitrogen and oxygen atoms in total. The van der Waals surface area contributed by atoms with Gasteiger partial charge in [-0.3, -0.25) is 4.99 Å². The summed E-state index contributed by atoms with van der Waals surface area (Å²) in [7, 11) is 0. The quantitative estimate of drug-likeness (QED) is 0.372. The van der Waals surface area contributed by atoms with Gasteiger partial charge in [-0.2, -0.15) is 0 Å². The molecule has 0 aliphatic carbocycles. The molecule has 0 aromatic rings. The Bertz CT molecular complexity index is 127. The van der Waals surface area contributed by atoms with Crippen LogP contribution in [0.25, 0.3) is 0 Å². The Kier molecular flexibility index (Phi) is 2.81. The lowest BCUT2D eigenvalue weighted by molar-refractivity contribution is 0.973. The maximum atomic E-state index is 5.13. The van der Waals surface area contributed by atoms with Crippen LogP contribution in [0.3, 0.4) is 0 Å². The number of thioether (sulfide) groups is 1. The molecule has 1 rings (SSSR count). The van der Waals surface area contributed by atoms with Gasteiger partial charge in [0.1, 0.15) is 0 Å². The van der Waals surface area contributed by atoms with E-state index in [2.05, 4.69) is 26.3 Å². The lowest BCUT2D eigenvalue weighted by Gasteiger charge is -2.00. The third kappa shape index (κ3) is 1.84. The molecule has 0 aromatic carbocycles. The predicted octanol–water partition coefficient (Wildman–Crippen LogP) is 0.316. The molecule has 1 heterocycles. The number of aliphatic imine (C=N–C) groups is 1. The molecule has 0 bridgehead atoms. The van der Waals surface area contributed by atoms with Crippen molar-refractivity contribution in [3.05, 3.63) is 0 Å². The van der Waals surface area contributed by atoms with Crippen molar-refractivity contribution in [1.29, 1.82) is 0 Å². The van der Waals surface area contributed by atoms with Crippen LogP contribution in [0, 0.1) is 0 Å². The van der Waals surface area contributed by atoms with E-state index in [0.717, 1.165) is 17.0 Å². The fourth-order valence-electron chi connectivity index (χ4n) is 0.577. The second kappa shape index (κ2) is 3.43. The summed E-state index contributed by atoms with van der Waals surface area (Å²) < 4.78 is 0. The zero-order valence-corrected chi connectivity index (χ0v) is 7.20. The van der Waals surface area contributed by atoms with E-state index in [1.54, 1.807) is 11.8 Å². The van der Waals surface area contributed by atoms with Crippen LogP contribution >= 0.6 is 27.7 Å². The van der Waals surface area contributed by atoms with Gasteiger partial charge in [0.05, 0.1) is 6.54 Å². The summed E-state index contributed by atoms with van der Waals surface area (Å²) >= 11 is 5.05. The van der Waals surface area contributed by atoms with Crippen LogP contribution < -0.4 is 11.3 Å². The van der Waals surface area contributed by atoms with Crippen LogP contribution in [0.15, 0.2) is 4.99 Å². The number of amidine groups is 1. The highest BCUT2D eigenvalue weighted by Crippen LogP contribution is 2.20. The number of alkyl halides is 1. The first kappa shape index (κ1) is 7.37. The van der Waals surface area contributed by atoms with Gasteiger partial charge in [-0.25, -0.2) is 5.84 Å². The Morgan fingerprint density at radius 3 is 3.11 bits per heavy atom. The maximum absolute atomic E-state index is 5.13. The Hall–Kier alpha value is 0.260. The highest BCUT2D eigenvalue weighted by atomic mass is 79.9. The van der Waals surface area contributed by atoms with E-state index in [-0.39, 0.29) is 0 Å². The largest absolute Gasteiger partial charge is 0.303 e. The monoisotopic (exact) mass is 209 g/mol. The minimum Gasteiger partial charge on any atom is -0.303 e. The fraction of sp³-hybridized carbons (Fsp3) is 0.750. The predicted molar refractivity (Wildman–Crippen MR) is 44.8 cm³/mol. The number of hydrogen-bond acceptors (Lipinski definition) is 4. The smallest absolute Gasteiger partial charge is 0.171 e. The van der Waals surface area contributed by atoms with Gasteiger partial charge in [-0.1, -0.05) is 27.7 Å². The molecule has 1 unspecified atom stereocenters. The summed E-state index contributed by atoms with van der Waals surface area (Å²) in [5.74, 6) is 5.13. The maximum Gasteiger partial charge on any atom is 0.171 e. The molecule has 0 aromatic heterocycles. The van der Waals surface area contributed by atoms with Crippen LogP contribution in [-0.2, 0) is 0 Å². The van der Waals surface area contributed by atoms with Crippen molar-refractivity contribution in [2.75, 3.05) is 11.9 Å². The van der Waals surface area contributed by atoms with E-state index in [9.17, 15) is 0 Å². The van der Waals surface area contributed by atoms with E-state index in [0.29, 0.717) is 5.25 Å². The molecule has 0 saturated heterocycles. The van der Waals surface area contributed by atoms with Crippen molar-refractivity contribution in [2.45, 2.75) is 5.25 Å². The van der Waals surface area contributed by atoms with Crippen LogP contribution in [0.2, 0.25) is 0 Å². The SMILES string of the molecule is NNC1=NCC(CBr)S1. The minimum atomic E-state index is 0.566. The second-order valence-corrected chi connectivity index (χ2v) is 3.62. The van der Waals surface area contributed by atoms with Crippen LogP contribution in [0.1, 0.15) is 0 Å².